The van der Waals surface area contributed by atoms with Gasteiger partial charge in [-0.1, -0.05) is 53.5 Å². The number of nitrogens with two attached hydrogens (primary N) is 1. The Labute approximate surface area is 167 Å². The van der Waals surface area contributed by atoms with Crippen molar-refractivity contribution in [3.63, 3.8) is 0 Å². The molecule has 2 aliphatic rings. The van der Waals surface area contributed by atoms with E-state index in [2.05, 4.69) is 6.07 Å². The molecule has 2 aromatic rings. The first-order valence-corrected chi connectivity index (χ1v) is 9.18. The van der Waals surface area contributed by atoms with E-state index in [1.807, 2.05) is 49.4 Å². The summed E-state index contributed by atoms with van der Waals surface area (Å²) in [6.07, 6.45) is -0.468. The summed E-state index contributed by atoms with van der Waals surface area (Å²) in [5.41, 5.74) is 8.93. The van der Waals surface area contributed by atoms with Gasteiger partial charge in [0.15, 0.2) is 0 Å². The van der Waals surface area contributed by atoms with Gasteiger partial charge in [0.05, 0.1) is 27.2 Å². The second-order valence-electron chi connectivity index (χ2n) is 6.47. The van der Waals surface area contributed by atoms with E-state index in [9.17, 15) is 5.26 Å². The van der Waals surface area contributed by atoms with Crippen molar-refractivity contribution in [1.29, 1.82) is 5.26 Å². The van der Waals surface area contributed by atoms with Crippen LogP contribution in [-0.4, -0.2) is 11.9 Å². The van der Waals surface area contributed by atoms with Crippen LogP contribution in [0.15, 0.2) is 65.1 Å². The molecule has 0 amide bonds. The maximum Gasteiger partial charge on any atom is 0.202 e. The standard InChI is InChI=1S/C20H16Cl2N4O/c1-11-16-17(13-8-5-9-15(21)18(13)22)14(10-23)19(24)27-20(16)26(25-11)12-6-3-2-4-7-12/h2-9,16-17,20H,24H2,1H3/t16-,17-,20-/m1/s1. The Hall–Kier alpha value is -2.68. The zero-order chi connectivity index (χ0) is 19.1. The quantitative estimate of drug-likeness (QED) is 0.799. The highest BCUT2D eigenvalue weighted by molar-refractivity contribution is 6.42. The largest absolute Gasteiger partial charge is 0.452 e. The average Bonchev–Trinajstić information content (AvgIpc) is 3.00. The number of nitriles is 1. The third-order valence-electron chi connectivity index (χ3n) is 4.94. The Morgan fingerprint density at radius 3 is 2.59 bits per heavy atom. The van der Waals surface area contributed by atoms with E-state index in [1.54, 1.807) is 11.1 Å². The molecular formula is C20H16Cl2N4O. The molecule has 0 bridgehead atoms. The van der Waals surface area contributed by atoms with E-state index >= 15 is 0 Å². The molecule has 0 radical (unpaired) electrons. The fourth-order valence-electron chi connectivity index (χ4n) is 3.73. The van der Waals surface area contributed by atoms with Crippen LogP contribution >= 0.6 is 23.2 Å². The number of hydrazone groups is 1. The van der Waals surface area contributed by atoms with Crippen LogP contribution in [0, 0.1) is 17.2 Å². The van der Waals surface area contributed by atoms with Gasteiger partial charge < -0.3 is 10.5 Å². The van der Waals surface area contributed by atoms with Gasteiger partial charge in [0.25, 0.3) is 0 Å². The molecule has 7 heteroatoms. The number of anilines is 1. The lowest BCUT2D eigenvalue weighted by Gasteiger charge is -2.37. The number of nitrogens with zero attached hydrogens (tertiary/aromatic N) is 3. The van der Waals surface area contributed by atoms with Gasteiger partial charge in [-0.3, -0.25) is 0 Å². The van der Waals surface area contributed by atoms with Crippen LogP contribution in [-0.2, 0) is 4.74 Å². The molecule has 0 spiro atoms. The Morgan fingerprint density at radius 2 is 1.89 bits per heavy atom. The fraction of sp³-hybridized carbons (Fsp3) is 0.200. The number of halogens is 2. The van der Waals surface area contributed by atoms with Crippen molar-refractivity contribution in [3.8, 4) is 6.07 Å². The molecule has 0 aliphatic carbocycles. The Balaban J connectivity index is 1.86. The third kappa shape index (κ3) is 2.82. The molecule has 0 unspecified atom stereocenters. The van der Waals surface area contributed by atoms with Crippen LogP contribution in [0.3, 0.4) is 0 Å². The summed E-state index contributed by atoms with van der Waals surface area (Å²) >= 11 is 12.7. The molecule has 5 nitrogen and oxygen atoms in total. The molecule has 0 saturated carbocycles. The molecule has 4 rings (SSSR count). The first kappa shape index (κ1) is 17.7. The normalized spacial score (nSPS) is 24.1. The van der Waals surface area contributed by atoms with E-state index in [0.29, 0.717) is 15.6 Å². The van der Waals surface area contributed by atoms with Gasteiger partial charge >= 0.3 is 0 Å². The monoisotopic (exact) mass is 398 g/mol. The van der Waals surface area contributed by atoms with Crippen molar-refractivity contribution < 1.29 is 4.74 Å². The smallest absolute Gasteiger partial charge is 0.202 e. The SMILES string of the molecule is CC1=NN(c2ccccc2)[C@@H]2OC(N)=C(C#N)[C@@H](c3cccc(Cl)c3Cl)[C@@H]12. The minimum atomic E-state index is -0.468. The number of hydrogen-bond acceptors (Lipinski definition) is 5. The molecule has 2 heterocycles. The van der Waals surface area contributed by atoms with Gasteiger partial charge in [0, 0.05) is 11.6 Å². The van der Waals surface area contributed by atoms with Gasteiger partial charge in [-0.05, 0) is 30.7 Å². The number of ether oxygens (including phenoxy) is 1. The number of hydrogen-bond donors (Lipinski definition) is 1. The lowest BCUT2D eigenvalue weighted by atomic mass is 9.76. The predicted molar refractivity (Wildman–Crippen MR) is 106 cm³/mol. The zero-order valence-corrected chi connectivity index (χ0v) is 15.9. The van der Waals surface area contributed by atoms with Crippen LogP contribution < -0.4 is 10.7 Å². The highest BCUT2D eigenvalue weighted by atomic mass is 35.5. The minimum Gasteiger partial charge on any atom is -0.452 e. The maximum atomic E-state index is 9.75. The van der Waals surface area contributed by atoms with E-state index < -0.39 is 12.1 Å². The summed E-state index contributed by atoms with van der Waals surface area (Å²) in [7, 11) is 0. The molecule has 136 valence electrons. The first-order valence-electron chi connectivity index (χ1n) is 8.42. The van der Waals surface area contributed by atoms with Crippen LogP contribution in [0.5, 0.6) is 0 Å². The van der Waals surface area contributed by atoms with Crippen molar-refractivity contribution in [2.45, 2.75) is 19.1 Å². The first-order chi connectivity index (χ1) is 13.0. The summed E-state index contributed by atoms with van der Waals surface area (Å²) in [6.45, 7) is 1.92. The summed E-state index contributed by atoms with van der Waals surface area (Å²) < 4.78 is 5.94. The Kier molecular flexibility index (Phi) is 4.47. The number of allylic oxidation sites excluding steroid dienone is 1. The average molecular weight is 399 g/mol. The van der Waals surface area contributed by atoms with Crippen molar-refractivity contribution in [2.75, 3.05) is 5.01 Å². The van der Waals surface area contributed by atoms with Crippen LogP contribution in [0.25, 0.3) is 0 Å². The predicted octanol–water partition coefficient (Wildman–Crippen LogP) is 4.64. The third-order valence-corrected chi connectivity index (χ3v) is 5.77. The molecular weight excluding hydrogens is 383 g/mol. The zero-order valence-electron chi connectivity index (χ0n) is 14.4. The second kappa shape index (κ2) is 6.80. The lowest BCUT2D eigenvalue weighted by molar-refractivity contribution is 0.0662. The van der Waals surface area contributed by atoms with Crippen molar-refractivity contribution in [2.24, 2.45) is 16.8 Å². The van der Waals surface area contributed by atoms with Crippen molar-refractivity contribution in [3.05, 3.63) is 75.6 Å². The van der Waals surface area contributed by atoms with E-state index in [4.69, 9.17) is 38.8 Å². The Bertz CT molecular complexity index is 997. The summed E-state index contributed by atoms with van der Waals surface area (Å²) in [4.78, 5) is 0. The molecule has 0 fully saturated rings. The number of para-hydroxylation sites is 1. The van der Waals surface area contributed by atoms with Crippen LogP contribution in [0.1, 0.15) is 18.4 Å². The number of rotatable bonds is 2. The molecule has 2 aromatic carbocycles. The van der Waals surface area contributed by atoms with Gasteiger partial charge in [-0.25, -0.2) is 5.01 Å². The molecule has 3 atom stereocenters. The van der Waals surface area contributed by atoms with Crippen LogP contribution in [0.4, 0.5) is 5.69 Å². The van der Waals surface area contributed by atoms with Gasteiger partial charge in [-0.2, -0.15) is 10.4 Å². The van der Waals surface area contributed by atoms with Gasteiger partial charge in [-0.15, -0.1) is 0 Å². The topological polar surface area (TPSA) is 74.6 Å². The van der Waals surface area contributed by atoms with Crippen LogP contribution in [0.2, 0.25) is 10.0 Å². The van der Waals surface area contributed by atoms with E-state index in [-0.39, 0.29) is 11.8 Å². The maximum absolute atomic E-state index is 9.75. The van der Waals surface area contributed by atoms with Crippen molar-refractivity contribution in [1.82, 2.24) is 0 Å². The van der Waals surface area contributed by atoms with Crippen molar-refractivity contribution >= 4 is 34.6 Å². The molecule has 27 heavy (non-hydrogen) atoms. The lowest BCUT2D eigenvalue weighted by Crippen LogP contribution is -2.44. The number of fused-ring (bicyclic) bond motifs is 1. The summed E-state index contributed by atoms with van der Waals surface area (Å²) in [6, 6.07) is 17.3. The van der Waals surface area contributed by atoms with E-state index in [0.717, 1.165) is 17.0 Å². The molecule has 2 aliphatic heterocycles. The molecule has 0 aromatic heterocycles. The van der Waals surface area contributed by atoms with Gasteiger partial charge in [0.1, 0.15) is 6.07 Å². The van der Waals surface area contributed by atoms with E-state index in [1.165, 1.54) is 0 Å². The highest BCUT2D eigenvalue weighted by Crippen LogP contribution is 2.48. The summed E-state index contributed by atoms with van der Waals surface area (Å²) in [5, 5.41) is 17.1. The molecule has 0 saturated heterocycles. The molecule has 2 N–H and O–H groups in total. The number of benzene rings is 2. The summed E-state index contributed by atoms with van der Waals surface area (Å²) in [5.74, 6) is -0.522. The minimum absolute atomic E-state index is 0.0885. The second-order valence-corrected chi connectivity index (χ2v) is 7.25. The highest BCUT2D eigenvalue weighted by Gasteiger charge is 2.49. The Morgan fingerprint density at radius 1 is 1.15 bits per heavy atom. The van der Waals surface area contributed by atoms with Gasteiger partial charge in [0.2, 0.25) is 12.1 Å². The fourth-order valence-corrected chi connectivity index (χ4v) is 4.15.